The lowest BCUT2D eigenvalue weighted by atomic mass is 10.00. The SMILES string of the molecule is CN1CCCC1.COc1nc2c(c(N3CC4CCC(C3)N4)n1)CCN(C1CC(OC)c3ccccc31)C2. The minimum atomic E-state index is 0.175. The number of aromatic nitrogens is 2. The lowest BCUT2D eigenvalue weighted by Gasteiger charge is -2.38. The summed E-state index contributed by atoms with van der Waals surface area (Å²) in [6.07, 6.45) is 7.51. The molecule has 0 saturated carbocycles. The number of piperazine rings is 1. The molecule has 2 bridgehead atoms. The highest BCUT2D eigenvalue weighted by Gasteiger charge is 2.38. The number of hydrogen-bond acceptors (Lipinski definition) is 8. The third kappa shape index (κ3) is 5.09. The van der Waals surface area contributed by atoms with E-state index in [9.17, 15) is 0 Å². The van der Waals surface area contributed by atoms with E-state index in [1.54, 1.807) is 7.11 Å². The third-order valence-corrected chi connectivity index (χ3v) is 8.95. The molecule has 8 heteroatoms. The van der Waals surface area contributed by atoms with Crippen LogP contribution in [0, 0.1) is 0 Å². The van der Waals surface area contributed by atoms with Gasteiger partial charge in [0.2, 0.25) is 0 Å². The molecule has 3 saturated heterocycles. The molecule has 1 aromatic heterocycles. The highest BCUT2D eigenvalue weighted by atomic mass is 16.5. The predicted octanol–water partition coefficient (Wildman–Crippen LogP) is 3.33. The number of hydrogen-bond donors (Lipinski definition) is 1. The first-order chi connectivity index (χ1) is 18.1. The minimum Gasteiger partial charge on any atom is -0.467 e. The van der Waals surface area contributed by atoms with E-state index in [4.69, 9.17) is 19.4 Å². The molecule has 2 aromatic rings. The summed E-state index contributed by atoms with van der Waals surface area (Å²) >= 11 is 0. The van der Waals surface area contributed by atoms with Gasteiger partial charge in [0, 0.05) is 57.0 Å². The molecule has 0 amide bonds. The lowest BCUT2D eigenvalue weighted by Crippen LogP contribution is -2.52. The molecule has 7 rings (SSSR count). The molecular weight excluding hydrogens is 464 g/mol. The third-order valence-electron chi connectivity index (χ3n) is 8.95. The molecule has 4 aliphatic heterocycles. The van der Waals surface area contributed by atoms with Gasteiger partial charge < -0.3 is 24.6 Å². The summed E-state index contributed by atoms with van der Waals surface area (Å²) in [5.74, 6) is 1.10. The molecule has 8 nitrogen and oxygen atoms in total. The van der Waals surface area contributed by atoms with Gasteiger partial charge in [-0.15, -0.1) is 0 Å². The predicted molar refractivity (Wildman–Crippen MR) is 145 cm³/mol. The second kappa shape index (κ2) is 10.8. The van der Waals surface area contributed by atoms with E-state index in [1.807, 2.05) is 7.11 Å². The second-order valence-corrected chi connectivity index (χ2v) is 11.3. The van der Waals surface area contributed by atoms with Gasteiger partial charge in [-0.3, -0.25) is 4.90 Å². The Kier molecular flexibility index (Phi) is 7.34. The smallest absolute Gasteiger partial charge is 0.318 e. The Morgan fingerprint density at radius 2 is 1.68 bits per heavy atom. The van der Waals surface area contributed by atoms with Crippen molar-refractivity contribution in [1.29, 1.82) is 0 Å². The zero-order valence-electron chi connectivity index (χ0n) is 22.7. The van der Waals surface area contributed by atoms with E-state index < -0.39 is 0 Å². The van der Waals surface area contributed by atoms with Gasteiger partial charge >= 0.3 is 6.01 Å². The molecule has 0 spiro atoms. The van der Waals surface area contributed by atoms with Crippen molar-refractivity contribution in [1.82, 2.24) is 25.1 Å². The number of rotatable bonds is 4. The van der Waals surface area contributed by atoms with Crippen molar-refractivity contribution < 1.29 is 9.47 Å². The van der Waals surface area contributed by atoms with Crippen LogP contribution in [-0.2, 0) is 17.7 Å². The van der Waals surface area contributed by atoms with Crippen LogP contribution in [0.1, 0.15) is 66.6 Å². The summed E-state index contributed by atoms with van der Waals surface area (Å²) in [6.45, 7) is 6.54. The van der Waals surface area contributed by atoms with E-state index in [1.165, 1.54) is 55.5 Å². The number of fused-ring (bicyclic) bond motifs is 4. The number of methoxy groups -OCH3 is 2. The molecule has 1 aliphatic carbocycles. The van der Waals surface area contributed by atoms with E-state index in [0.717, 1.165) is 50.5 Å². The fraction of sp³-hybridized carbons (Fsp3) is 0.655. The van der Waals surface area contributed by atoms with Gasteiger partial charge in [-0.1, -0.05) is 24.3 Å². The summed E-state index contributed by atoms with van der Waals surface area (Å²) in [6, 6.07) is 10.7. The summed E-state index contributed by atoms with van der Waals surface area (Å²) in [7, 11) is 5.66. The van der Waals surface area contributed by atoms with Gasteiger partial charge in [0.05, 0.1) is 18.9 Å². The second-order valence-electron chi connectivity index (χ2n) is 11.3. The Morgan fingerprint density at radius 1 is 0.946 bits per heavy atom. The van der Waals surface area contributed by atoms with E-state index in [2.05, 4.69) is 51.3 Å². The Morgan fingerprint density at radius 3 is 2.32 bits per heavy atom. The summed E-state index contributed by atoms with van der Waals surface area (Å²) < 4.78 is 11.3. The van der Waals surface area contributed by atoms with Crippen molar-refractivity contribution in [2.24, 2.45) is 0 Å². The van der Waals surface area contributed by atoms with Crippen molar-refractivity contribution in [3.63, 3.8) is 0 Å². The zero-order chi connectivity index (χ0) is 25.4. The molecule has 0 radical (unpaired) electrons. The van der Waals surface area contributed by atoms with Gasteiger partial charge in [-0.05, 0) is 69.8 Å². The molecule has 5 aliphatic rings. The van der Waals surface area contributed by atoms with E-state index >= 15 is 0 Å². The van der Waals surface area contributed by atoms with Gasteiger partial charge in [0.1, 0.15) is 5.82 Å². The lowest BCUT2D eigenvalue weighted by molar-refractivity contribution is 0.0732. The largest absolute Gasteiger partial charge is 0.467 e. The first-order valence-electron chi connectivity index (χ1n) is 14.1. The summed E-state index contributed by atoms with van der Waals surface area (Å²) in [5, 5.41) is 3.73. The van der Waals surface area contributed by atoms with Crippen LogP contribution in [0.2, 0.25) is 0 Å². The number of anilines is 1. The van der Waals surface area contributed by atoms with Gasteiger partial charge in [-0.2, -0.15) is 9.97 Å². The molecule has 1 N–H and O–H groups in total. The summed E-state index contributed by atoms with van der Waals surface area (Å²) in [4.78, 5) is 17.0. The molecule has 4 atom stereocenters. The molecule has 37 heavy (non-hydrogen) atoms. The Balaban J connectivity index is 0.000000372. The van der Waals surface area contributed by atoms with Crippen LogP contribution in [-0.4, -0.2) is 85.8 Å². The normalized spacial score (nSPS) is 29.0. The van der Waals surface area contributed by atoms with Crippen LogP contribution >= 0.6 is 0 Å². The van der Waals surface area contributed by atoms with Gasteiger partial charge in [-0.25, -0.2) is 0 Å². The molecule has 4 unspecified atom stereocenters. The highest BCUT2D eigenvalue weighted by molar-refractivity contribution is 5.52. The summed E-state index contributed by atoms with van der Waals surface area (Å²) in [5.41, 5.74) is 5.17. The number of ether oxygens (including phenoxy) is 2. The van der Waals surface area contributed by atoms with Crippen LogP contribution in [0.4, 0.5) is 5.82 Å². The van der Waals surface area contributed by atoms with Crippen LogP contribution in [0.5, 0.6) is 6.01 Å². The molecule has 3 fully saturated rings. The number of nitrogens with zero attached hydrogens (tertiary/aromatic N) is 5. The van der Waals surface area contributed by atoms with Crippen molar-refractivity contribution in [3.8, 4) is 6.01 Å². The maximum absolute atomic E-state index is 5.80. The first kappa shape index (κ1) is 25.0. The van der Waals surface area contributed by atoms with Crippen molar-refractivity contribution in [2.45, 2.75) is 69.3 Å². The van der Waals surface area contributed by atoms with E-state index in [0.29, 0.717) is 24.1 Å². The molecular formula is C29H42N6O2. The Bertz CT molecular complexity index is 1080. The topological polar surface area (TPSA) is 66.0 Å². The van der Waals surface area contributed by atoms with Crippen molar-refractivity contribution >= 4 is 5.82 Å². The fourth-order valence-corrected chi connectivity index (χ4v) is 7.01. The van der Waals surface area contributed by atoms with Crippen LogP contribution in [0.15, 0.2) is 24.3 Å². The molecule has 200 valence electrons. The van der Waals surface area contributed by atoms with Crippen LogP contribution in [0.3, 0.4) is 0 Å². The Hall–Kier alpha value is -2.26. The number of nitrogens with one attached hydrogen (secondary N) is 1. The standard InChI is InChI=1S/C24H31N5O2.C5H11N/c1-30-22-11-21(17-5-3-4-6-18(17)22)28-10-9-19-20(14-28)26-24(31-2)27-23(19)29-12-15-7-8-16(13-29)25-15;1-6-4-2-3-5-6/h3-6,15-16,21-22,25H,7-14H2,1-2H3;2-5H2,1H3. The van der Waals surface area contributed by atoms with Crippen molar-refractivity contribution in [3.05, 3.63) is 46.6 Å². The number of likely N-dealkylation sites (tertiary alicyclic amines) is 1. The first-order valence-corrected chi connectivity index (χ1v) is 14.1. The average molecular weight is 507 g/mol. The molecule has 1 aromatic carbocycles. The highest BCUT2D eigenvalue weighted by Crippen LogP contribution is 2.45. The monoisotopic (exact) mass is 506 g/mol. The van der Waals surface area contributed by atoms with Gasteiger partial charge in [0.15, 0.2) is 0 Å². The minimum absolute atomic E-state index is 0.175. The number of benzene rings is 1. The molecule has 5 heterocycles. The fourth-order valence-electron chi connectivity index (χ4n) is 7.01. The van der Waals surface area contributed by atoms with E-state index in [-0.39, 0.29) is 6.10 Å². The van der Waals surface area contributed by atoms with Gasteiger partial charge in [0.25, 0.3) is 0 Å². The maximum atomic E-state index is 5.80. The average Bonchev–Trinajstić information content (AvgIpc) is 3.66. The van der Waals surface area contributed by atoms with Crippen LogP contribution < -0.4 is 15.0 Å². The quantitative estimate of drug-likeness (QED) is 0.678. The van der Waals surface area contributed by atoms with Crippen LogP contribution in [0.25, 0.3) is 0 Å². The maximum Gasteiger partial charge on any atom is 0.318 e. The zero-order valence-corrected chi connectivity index (χ0v) is 22.7. The Labute approximate surface area is 221 Å². The van der Waals surface area contributed by atoms with Crippen molar-refractivity contribution in [2.75, 3.05) is 58.9 Å².